The topological polar surface area (TPSA) is 61.3 Å². The van der Waals surface area contributed by atoms with Crippen LogP contribution in [0, 0.1) is 0 Å². The van der Waals surface area contributed by atoms with Crippen LogP contribution >= 0.6 is 12.6 Å². The SMILES string of the molecule is CN.Nc1cc(S)ccc1OC1CCCCCC1. The average Bonchev–Trinajstić information content (AvgIpc) is 2.64. The summed E-state index contributed by atoms with van der Waals surface area (Å²) in [5.41, 5.74) is 11.1. The Labute approximate surface area is 115 Å². The van der Waals surface area contributed by atoms with Crippen LogP contribution in [0.15, 0.2) is 23.1 Å². The van der Waals surface area contributed by atoms with Gasteiger partial charge in [0.1, 0.15) is 5.75 Å². The van der Waals surface area contributed by atoms with Gasteiger partial charge in [-0.25, -0.2) is 0 Å². The van der Waals surface area contributed by atoms with Crippen LogP contribution in [0.25, 0.3) is 0 Å². The molecule has 3 nitrogen and oxygen atoms in total. The quantitative estimate of drug-likeness (QED) is 0.438. The third kappa shape index (κ3) is 4.78. The van der Waals surface area contributed by atoms with E-state index in [0.717, 1.165) is 23.5 Å². The third-order valence-corrected chi connectivity index (χ3v) is 3.37. The maximum atomic E-state index is 5.96. The number of nitrogen functional groups attached to an aromatic ring is 1. The predicted octanol–water partition coefficient (Wildman–Crippen LogP) is 3.23. The largest absolute Gasteiger partial charge is 0.488 e. The van der Waals surface area contributed by atoms with E-state index in [1.54, 1.807) is 0 Å². The standard InChI is InChI=1S/C13H19NOS.CH5N/c14-12-9-11(16)7-8-13(12)15-10-5-3-1-2-4-6-10;1-2/h7-10,16H,1-6,14H2;2H2,1H3. The van der Waals surface area contributed by atoms with Gasteiger partial charge in [0.05, 0.1) is 11.8 Å². The normalized spacial score (nSPS) is 16.4. The molecule has 0 aliphatic heterocycles. The van der Waals surface area contributed by atoms with E-state index in [1.807, 2.05) is 18.2 Å². The zero-order valence-corrected chi connectivity index (χ0v) is 12.0. The minimum absolute atomic E-state index is 0.343. The average molecular weight is 268 g/mol. The Morgan fingerprint density at radius 1 is 1.11 bits per heavy atom. The van der Waals surface area contributed by atoms with Crippen molar-refractivity contribution in [1.29, 1.82) is 0 Å². The molecule has 0 heterocycles. The number of hydrogen-bond donors (Lipinski definition) is 3. The number of anilines is 1. The number of thiol groups is 1. The molecule has 1 aliphatic carbocycles. The van der Waals surface area contributed by atoms with Crippen LogP contribution < -0.4 is 16.2 Å². The van der Waals surface area contributed by atoms with E-state index in [-0.39, 0.29) is 0 Å². The van der Waals surface area contributed by atoms with E-state index in [0.29, 0.717) is 11.8 Å². The van der Waals surface area contributed by atoms with Gasteiger partial charge in [0.2, 0.25) is 0 Å². The molecule has 0 amide bonds. The molecule has 0 bridgehead atoms. The summed E-state index contributed by atoms with van der Waals surface area (Å²) >= 11 is 4.25. The van der Waals surface area contributed by atoms with Gasteiger partial charge in [-0.15, -0.1) is 12.6 Å². The highest BCUT2D eigenvalue weighted by Crippen LogP contribution is 2.28. The fourth-order valence-electron chi connectivity index (χ4n) is 2.18. The van der Waals surface area contributed by atoms with Crippen molar-refractivity contribution in [2.75, 3.05) is 12.8 Å². The Hall–Kier alpha value is -0.870. The number of ether oxygens (including phenoxy) is 1. The van der Waals surface area contributed by atoms with Gasteiger partial charge in [0.25, 0.3) is 0 Å². The summed E-state index contributed by atoms with van der Waals surface area (Å²) < 4.78 is 5.96. The van der Waals surface area contributed by atoms with Crippen LogP contribution in [-0.4, -0.2) is 13.2 Å². The predicted molar refractivity (Wildman–Crippen MR) is 80.3 cm³/mol. The lowest BCUT2D eigenvalue weighted by Crippen LogP contribution is -2.15. The van der Waals surface area contributed by atoms with Gasteiger partial charge in [-0.3, -0.25) is 0 Å². The summed E-state index contributed by atoms with van der Waals surface area (Å²) in [5.74, 6) is 0.810. The molecule has 0 atom stereocenters. The van der Waals surface area contributed by atoms with Crippen molar-refractivity contribution in [2.45, 2.75) is 49.5 Å². The lowest BCUT2D eigenvalue weighted by atomic mass is 10.1. The molecule has 4 heteroatoms. The van der Waals surface area contributed by atoms with E-state index in [2.05, 4.69) is 18.4 Å². The van der Waals surface area contributed by atoms with Crippen LogP contribution in [-0.2, 0) is 0 Å². The van der Waals surface area contributed by atoms with Gasteiger partial charge in [-0.2, -0.15) is 0 Å². The molecular weight excluding hydrogens is 244 g/mol. The number of nitrogens with two attached hydrogens (primary N) is 2. The summed E-state index contributed by atoms with van der Waals surface area (Å²) in [6.07, 6.45) is 7.88. The van der Waals surface area contributed by atoms with Crippen molar-refractivity contribution < 1.29 is 4.74 Å². The van der Waals surface area contributed by atoms with Gasteiger partial charge in [0, 0.05) is 4.90 Å². The lowest BCUT2D eigenvalue weighted by Gasteiger charge is -2.18. The summed E-state index contributed by atoms with van der Waals surface area (Å²) in [6.45, 7) is 0. The zero-order chi connectivity index (χ0) is 13.4. The summed E-state index contributed by atoms with van der Waals surface area (Å²) in [6, 6.07) is 5.68. The highest BCUT2D eigenvalue weighted by atomic mass is 32.1. The Bertz CT molecular complexity index is 350. The molecule has 0 saturated heterocycles. The highest BCUT2D eigenvalue weighted by molar-refractivity contribution is 7.80. The van der Waals surface area contributed by atoms with Gasteiger partial charge in [-0.1, -0.05) is 12.8 Å². The third-order valence-electron chi connectivity index (χ3n) is 3.09. The van der Waals surface area contributed by atoms with Crippen molar-refractivity contribution in [3.8, 4) is 5.75 Å². The summed E-state index contributed by atoms with van der Waals surface area (Å²) in [7, 11) is 1.50. The van der Waals surface area contributed by atoms with Crippen LogP contribution in [0.1, 0.15) is 38.5 Å². The Morgan fingerprint density at radius 2 is 1.72 bits per heavy atom. The molecule has 1 fully saturated rings. The minimum Gasteiger partial charge on any atom is -0.488 e. The van der Waals surface area contributed by atoms with Crippen LogP contribution in [0.3, 0.4) is 0 Å². The summed E-state index contributed by atoms with van der Waals surface area (Å²) in [4.78, 5) is 0.880. The molecule has 102 valence electrons. The Morgan fingerprint density at radius 3 is 2.28 bits per heavy atom. The molecule has 1 aromatic carbocycles. The molecule has 1 aromatic rings. The monoisotopic (exact) mass is 268 g/mol. The van der Waals surface area contributed by atoms with Crippen LogP contribution in [0.4, 0.5) is 5.69 Å². The van der Waals surface area contributed by atoms with Crippen molar-refractivity contribution in [1.82, 2.24) is 0 Å². The Balaban J connectivity index is 0.000000771. The number of benzene rings is 1. The van der Waals surface area contributed by atoms with Crippen molar-refractivity contribution in [3.05, 3.63) is 18.2 Å². The minimum atomic E-state index is 0.343. The van der Waals surface area contributed by atoms with Gasteiger partial charge in [0.15, 0.2) is 0 Å². The van der Waals surface area contributed by atoms with E-state index in [4.69, 9.17) is 10.5 Å². The van der Waals surface area contributed by atoms with Crippen molar-refractivity contribution in [2.24, 2.45) is 5.73 Å². The second-order valence-electron chi connectivity index (χ2n) is 4.45. The van der Waals surface area contributed by atoms with E-state index in [1.165, 1.54) is 32.7 Å². The molecule has 0 spiro atoms. The first-order chi connectivity index (χ1) is 8.75. The van der Waals surface area contributed by atoms with Crippen LogP contribution in [0.5, 0.6) is 5.75 Å². The first-order valence-corrected chi connectivity index (χ1v) is 7.03. The van der Waals surface area contributed by atoms with Crippen molar-refractivity contribution >= 4 is 18.3 Å². The second kappa shape index (κ2) is 8.27. The van der Waals surface area contributed by atoms with Gasteiger partial charge in [-0.05, 0) is 50.9 Å². The van der Waals surface area contributed by atoms with Gasteiger partial charge < -0.3 is 16.2 Å². The molecule has 2 rings (SSSR count). The maximum Gasteiger partial charge on any atom is 0.142 e. The van der Waals surface area contributed by atoms with Crippen molar-refractivity contribution in [3.63, 3.8) is 0 Å². The number of rotatable bonds is 2. The fourth-order valence-corrected chi connectivity index (χ4v) is 2.40. The lowest BCUT2D eigenvalue weighted by molar-refractivity contribution is 0.185. The first-order valence-electron chi connectivity index (χ1n) is 6.58. The Kier molecular flexibility index (Phi) is 6.98. The first kappa shape index (κ1) is 15.2. The molecule has 1 saturated carbocycles. The highest BCUT2D eigenvalue weighted by Gasteiger charge is 2.14. The smallest absolute Gasteiger partial charge is 0.142 e. The number of hydrogen-bond acceptors (Lipinski definition) is 4. The summed E-state index contributed by atoms with van der Waals surface area (Å²) in [5, 5.41) is 0. The molecular formula is C14H24N2OS. The second-order valence-corrected chi connectivity index (χ2v) is 4.97. The molecule has 0 aromatic heterocycles. The molecule has 0 radical (unpaired) electrons. The van der Waals surface area contributed by atoms with Crippen LogP contribution in [0.2, 0.25) is 0 Å². The maximum absolute atomic E-state index is 5.96. The van der Waals surface area contributed by atoms with Gasteiger partial charge >= 0.3 is 0 Å². The van der Waals surface area contributed by atoms with E-state index in [9.17, 15) is 0 Å². The fraction of sp³-hybridized carbons (Fsp3) is 0.571. The van der Waals surface area contributed by atoms with E-state index >= 15 is 0 Å². The molecule has 18 heavy (non-hydrogen) atoms. The van der Waals surface area contributed by atoms with E-state index < -0.39 is 0 Å². The molecule has 4 N–H and O–H groups in total. The molecule has 0 unspecified atom stereocenters. The molecule has 1 aliphatic rings. The zero-order valence-electron chi connectivity index (χ0n) is 11.1.